The maximum Gasteiger partial charge on any atom is 0.319 e. The number of nitrogens with two attached hydrogens (primary N) is 2. The Balaban J connectivity index is 2.96. The number of anilines is 1. The standard InChI is InChI=1S/C12H19N3O/c1-9-6-10(2)8-11(7-9)15(12(14)16)5-3-4-13/h6-8H,3-5,13H2,1-2H3,(H2,14,16). The number of amides is 2. The summed E-state index contributed by atoms with van der Waals surface area (Å²) in [4.78, 5) is 12.9. The zero-order valence-electron chi connectivity index (χ0n) is 9.86. The third kappa shape index (κ3) is 3.24. The maximum atomic E-state index is 11.3. The van der Waals surface area contributed by atoms with Crippen LogP contribution in [0.4, 0.5) is 10.5 Å². The van der Waals surface area contributed by atoms with Gasteiger partial charge >= 0.3 is 6.03 Å². The fraction of sp³-hybridized carbons (Fsp3) is 0.417. The van der Waals surface area contributed by atoms with E-state index >= 15 is 0 Å². The first-order valence-corrected chi connectivity index (χ1v) is 5.40. The molecule has 0 aliphatic rings. The van der Waals surface area contributed by atoms with Crippen molar-refractivity contribution in [3.05, 3.63) is 29.3 Å². The lowest BCUT2D eigenvalue weighted by atomic mass is 10.1. The van der Waals surface area contributed by atoms with Crippen molar-refractivity contribution in [3.8, 4) is 0 Å². The topological polar surface area (TPSA) is 72.3 Å². The zero-order valence-corrected chi connectivity index (χ0v) is 9.86. The lowest BCUT2D eigenvalue weighted by Crippen LogP contribution is -2.37. The Bertz CT molecular complexity index is 356. The first-order valence-electron chi connectivity index (χ1n) is 5.40. The molecule has 4 N–H and O–H groups in total. The van der Waals surface area contributed by atoms with Crippen LogP contribution in [0.15, 0.2) is 18.2 Å². The molecule has 4 heteroatoms. The predicted octanol–water partition coefficient (Wildman–Crippen LogP) is 1.54. The number of urea groups is 1. The lowest BCUT2D eigenvalue weighted by molar-refractivity contribution is 0.254. The molecule has 16 heavy (non-hydrogen) atoms. The van der Waals surface area contributed by atoms with E-state index in [4.69, 9.17) is 11.5 Å². The summed E-state index contributed by atoms with van der Waals surface area (Å²) in [6.45, 7) is 5.11. The van der Waals surface area contributed by atoms with Gasteiger partial charge in [0.25, 0.3) is 0 Å². The molecule has 0 aliphatic carbocycles. The van der Waals surface area contributed by atoms with Crippen LogP contribution in [0.25, 0.3) is 0 Å². The highest BCUT2D eigenvalue weighted by molar-refractivity contribution is 5.90. The van der Waals surface area contributed by atoms with Gasteiger partial charge in [-0.3, -0.25) is 4.90 Å². The Hall–Kier alpha value is -1.55. The summed E-state index contributed by atoms with van der Waals surface area (Å²) in [5, 5.41) is 0. The first kappa shape index (κ1) is 12.5. The predicted molar refractivity (Wildman–Crippen MR) is 66.5 cm³/mol. The van der Waals surface area contributed by atoms with Crippen LogP contribution in [0.2, 0.25) is 0 Å². The molecule has 4 nitrogen and oxygen atoms in total. The van der Waals surface area contributed by atoms with Gasteiger partial charge in [0, 0.05) is 12.2 Å². The Labute approximate surface area is 96.2 Å². The molecule has 0 radical (unpaired) electrons. The van der Waals surface area contributed by atoms with Crippen LogP contribution in [0.5, 0.6) is 0 Å². The molecule has 0 atom stereocenters. The number of hydrogen-bond donors (Lipinski definition) is 2. The molecule has 0 unspecified atom stereocenters. The van der Waals surface area contributed by atoms with Gasteiger partial charge in [-0.15, -0.1) is 0 Å². The summed E-state index contributed by atoms with van der Waals surface area (Å²) in [7, 11) is 0. The second kappa shape index (κ2) is 5.51. The van der Waals surface area contributed by atoms with Gasteiger partial charge in [-0.1, -0.05) is 6.07 Å². The lowest BCUT2D eigenvalue weighted by Gasteiger charge is -2.21. The molecule has 2 amide bonds. The van der Waals surface area contributed by atoms with Crippen molar-refractivity contribution in [1.29, 1.82) is 0 Å². The molecule has 88 valence electrons. The highest BCUT2D eigenvalue weighted by Crippen LogP contribution is 2.18. The number of primary amides is 1. The number of carbonyl (C=O) groups excluding carboxylic acids is 1. The van der Waals surface area contributed by atoms with E-state index in [-0.39, 0.29) is 0 Å². The third-order valence-electron chi connectivity index (χ3n) is 2.37. The SMILES string of the molecule is Cc1cc(C)cc(N(CCCN)C(N)=O)c1. The summed E-state index contributed by atoms with van der Waals surface area (Å²) < 4.78 is 0. The average Bonchev–Trinajstić information content (AvgIpc) is 2.16. The second-order valence-corrected chi connectivity index (χ2v) is 3.98. The molecule has 1 aromatic rings. The summed E-state index contributed by atoms with van der Waals surface area (Å²) >= 11 is 0. The van der Waals surface area contributed by atoms with Crippen LogP contribution in [-0.2, 0) is 0 Å². The van der Waals surface area contributed by atoms with Crippen molar-refractivity contribution in [2.75, 3.05) is 18.0 Å². The monoisotopic (exact) mass is 221 g/mol. The highest BCUT2D eigenvalue weighted by Gasteiger charge is 2.11. The van der Waals surface area contributed by atoms with E-state index in [9.17, 15) is 4.79 Å². The molecule has 1 aromatic carbocycles. The molecule has 0 saturated heterocycles. The second-order valence-electron chi connectivity index (χ2n) is 3.98. The smallest absolute Gasteiger partial charge is 0.319 e. The first-order chi connectivity index (χ1) is 7.54. The number of aryl methyl sites for hydroxylation is 2. The van der Waals surface area contributed by atoms with Crippen LogP contribution in [0, 0.1) is 13.8 Å². The van der Waals surface area contributed by atoms with Crippen molar-refractivity contribution in [3.63, 3.8) is 0 Å². The molecule has 0 bridgehead atoms. The van der Waals surface area contributed by atoms with Crippen LogP contribution < -0.4 is 16.4 Å². The Morgan fingerprint density at radius 1 is 1.25 bits per heavy atom. The van der Waals surface area contributed by atoms with Gasteiger partial charge in [-0.25, -0.2) is 4.79 Å². The number of benzene rings is 1. The minimum atomic E-state index is -0.432. The van der Waals surface area contributed by atoms with Crippen molar-refractivity contribution in [2.45, 2.75) is 20.3 Å². The molecule has 0 fully saturated rings. The van der Waals surface area contributed by atoms with E-state index in [1.165, 1.54) is 0 Å². The quantitative estimate of drug-likeness (QED) is 0.809. The molecule has 0 spiro atoms. The normalized spacial score (nSPS) is 10.2. The zero-order chi connectivity index (χ0) is 12.1. The largest absolute Gasteiger partial charge is 0.351 e. The summed E-state index contributed by atoms with van der Waals surface area (Å²) in [5.74, 6) is 0. The number of hydrogen-bond acceptors (Lipinski definition) is 2. The number of rotatable bonds is 4. The highest BCUT2D eigenvalue weighted by atomic mass is 16.2. The van der Waals surface area contributed by atoms with Gasteiger partial charge < -0.3 is 11.5 Å². The van der Waals surface area contributed by atoms with Crippen molar-refractivity contribution < 1.29 is 4.79 Å². The van der Waals surface area contributed by atoms with Gasteiger partial charge in [-0.2, -0.15) is 0 Å². The van der Waals surface area contributed by atoms with Gasteiger partial charge in [0.15, 0.2) is 0 Å². The van der Waals surface area contributed by atoms with Gasteiger partial charge in [0.05, 0.1) is 0 Å². The fourth-order valence-electron chi connectivity index (χ4n) is 1.72. The van der Waals surface area contributed by atoms with Crippen LogP contribution in [-0.4, -0.2) is 19.1 Å². The minimum absolute atomic E-state index is 0.432. The summed E-state index contributed by atoms with van der Waals surface area (Å²) in [6, 6.07) is 5.53. The van der Waals surface area contributed by atoms with E-state index in [2.05, 4.69) is 6.07 Å². The molecular formula is C12H19N3O. The van der Waals surface area contributed by atoms with Crippen molar-refractivity contribution in [1.82, 2.24) is 0 Å². The van der Waals surface area contributed by atoms with Crippen molar-refractivity contribution in [2.24, 2.45) is 11.5 Å². The molecule has 0 saturated carbocycles. The summed E-state index contributed by atoms with van der Waals surface area (Å²) in [5.41, 5.74) is 13.9. The summed E-state index contributed by atoms with van der Waals surface area (Å²) in [6.07, 6.45) is 0.746. The van der Waals surface area contributed by atoms with Gasteiger partial charge in [-0.05, 0) is 50.1 Å². The average molecular weight is 221 g/mol. The van der Waals surface area contributed by atoms with E-state index in [0.29, 0.717) is 13.1 Å². The van der Waals surface area contributed by atoms with Crippen LogP contribution in [0.3, 0.4) is 0 Å². The van der Waals surface area contributed by atoms with E-state index in [1.54, 1.807) is 4.90 Å². The molecule has 0 aromatic heterocycles. The van der Waals surface area contributed by atoms with Crippen LogP contribution in [0.1, 0.15) is 17.5 Å². The number of nitrogens with zero attached hydrogens (tertiary/aromatic N) is 1. The third-order valence-corrected chi connectivity index (χ3v) is 2.37. The number of carbonyl (C=O) groups is 1. The Morgan fingerprint density at radius 2 is 1.81 bits per heavy atom. The molecular weight excluding hydrogens is 202 g/mol. The van der Waals surface area contributed by atoms with E-state index in [1.807, 2.05) is 26.0 Å². The molecule has 1 rings (SSSR count). The molecule has 0 aliphatic heterocycles. The fourth-order valence-corrected chi connectivity index (χ4v) is 1.72. The Morgan fingerprint density at radius 3 is 2.25 bits per heavy atom. The Kier molecular flexibility index (Phi) is 4.31. The minimum Gasteiger partial charge on any atom is -0.351 e. The van der Waals surface area contributed by atoms with E-state index in [0.717, 1.165) is 23.2 Å². The van der Waals surface area contributed by atoms with Gasteiger partial charge in [0.1, 0.15) is 0 Å². The van der Waals surface area contributed by atoms with E-state index < -0.39 is 6.03 Å². The van der Waals surface area contributed by atoms with Gasteiger partial charge in [0.2, 0.25) is 0 Å². The van der Waals surface area contributed by atoms with Crippen molar-refractivity contribution >= 4 is 11.7 Å². The molecule has 0 heterocycles. The maximum absolute atomic E-state index is 11.3. The van der Waals surface area contributed by atoms with Crippen LogP contribution >= 0.6 is 0 Å².